The molecule has 124 valence electrons. The summed E-state index contributed by atoms with van der Waals surface area (Å²) in [4.78, 5) is 28.2. The molecule has 0 atom stereocenters. The van der Waals surface area contributed by atoms with E-state index in [-0.39, 0.29) is 23.9 Å². The molecule has 1 aromatic carbocycles. The van der Waals surface area contributed by atoms with Crippen LogP contribution in [0.25, 0.3) is 0 Å². The Morgan fingerprint density at radius 3 is 2.52 bits per heavy atom. The fraction of sp³-hybridized carbons (Fsp3) is 0.294. The van der Waals surface area contributed by atoms with Gasteiger partial charge in [-0.25, -0.2) is 0 Å². The average molecular weight is 336 g/mol. The van der Waals surface area contributed by atoms with Crippen molar-refractivity contribution in [3.05, 3.63) is 69.6 Å². The van der Waals surface area contributed by atoms with Gasteiger partial charge in [-0.2, -0.15) is 0 Å². The Morgan fingerprint density at radius 1 is 1.22 bits per heavy atom. The Morgan fingerprint density at radius 2 is 1.91 bits per heavy atom. The highest BCUT2D eigenvalue weighted by Crippen LogP contribution is 2.09. The Labute approximate surface area is 141 Å². The van der Waals surface area contributed by atoms with E-state index in [0.29, 0.717) is 30.8 Å². The van der Waals surface area contributed by atoms with E-state index in [9.17, 15) is 9.59 Å². The fourth-order valence-corrected chi connectivity index (χ4v) is 2.35. The van der Waals surface area contributed by atoms with Crippen LogP contribution in [0.1, 0.15) is 21.5 Å². The molecule has 0 spiro atoms. The van der Waals surface area contributed by atoms with Gasteiger partial charge in [0.2, 0.25) is 5.56 Å². The van der Waals surface area contributed by atoms with Gasteiger partial charge in [-0.1, -0.05) is 30.3 Å². The van der Waals surface area contributed by atoms with Crippen molar-refractivity contribution in [2.24, 2.45) is 5.73 Å². The van der Waals surface area contributed by atoms with Crippen molar-refractivity contribution in [2.45, 2.75) is 13.3 Å². The summed E-state index contributed by atoms with van der Waals surface area (Å²) >= 11 is 0. The molecule has 3 N–H and O–H groups in total. The van der Waals surface area contributed by atoms with Gasteiger partial charge >= 0.3 is 0 Å². The first-order valence-electron chi connectivity index (χ1n) is 7.34. The molecule has 1 aromatic heterocycles. The SMILES string of the molecule is Cc1cc(=O)[nH]cc1C(=O)N(CCN)CCc1ccccc1.Cl. The van der Waals surface area contributed by atoms with E-state index in [4.69, 9.17) is 5.73 Å². The largest absolute Gasteiger partial charge is 0.337 e. The number of aromatic nitrogens is 1. The predicted octanol–water partition coefficient (Wildman–Crippen LogP) is 1.75. The summed E-state index contributed by atoms with van der Waals surface area (Å²) in [5.41, 5.74) is 7.79. The summed E-state index contributed by atoms with van der Waals surface area (Å²) in [5, 5.41) is 0. The maximum atomic E-state index is 12.6. The van der Waals surface area contributed by atoms with Crippen LogP contribution in [0.15, 0.2) is 47.4 Å². The standard InChI is InChI=1S/C17H21N3O2.ClH/c1-13-11-16(21)19-12-15(13)17(22)20(10-8-18)9-7-14-5-3-2-4-6-14;/h2-6,11-12H,7-10,18H2,1H3,(H,19,21);1H. The van der Waals surface area contributed by atoms with Gasteiger partial charge in [0.1, 0.15) is 0 Å². The van der Waals surface area contributed by atoms with E-state index in [0.717, 1.165) is 6.42 Å². The van der Waals surface area contributed by atoms with Crippen molar-refractivity contribution in [3.8, 4) is 0 Å². The monoisotopic (exact) mass is 335 g/mol. The third-order valence-corrected chi connectivity index (χ3v) is 3.56. The smallest absolute Gasteiger partial charge is 0.255 e. The molecule has 0 aliphatic carbocycles. The number of aromatic amines is 1. The van der Waals surface area contributed by atoms with Gasteiger partial charge in [-0.15, -0.1) is 12.4 Å². The first-order chi connectivity index (χ1) is 10.6. The van der Waals surface area contributed by atoms with Crippen LogP contribution in [-0.4, -0.2) is 35.4 Å². The third kappa shape index (κ3) is 5.23. The van der Waals surface area contributed by atoms with Crippen molar-refractivity contribution >= 4 is 18.3 Å². The molecule has 0 saturated carbocycles. The van der Waals surface area contributed by atoms with Gasteiger partial charge < -0.3 is 15.6 Å². The summed E-state index contributed by atoms with van der Waals surface area (Å²) in [5.74, 6) is -0.102. The highest BCUT2D eigenvalue weighted by molar-refractivity contribution is 5.95. The van der Waals surface area contributed by atoms with Crippen molar-refractivity contribution in [1.82, 2.24) is 9.88 Å². The number of pyridine rings is 1. The predicted molar refractivity (Wildman–Crippen MR) is 94.2 cm³/mol. The zero-order chi connectivity index (χ0) is 15.9. The molecule has 2 aromatic rings. The van der Waals surface area contributed by atoms with Crippen molar-refractivity contribution < 1.29 is 4.79 Å². The number of nitrogens with one attached hydrogen (secondary N) is 1. The van der Waals surface area contributed by atoms with Gasteiger partial charge in [-0.05, 0) is 24.5 Å². The minimum Gasteiger partial charge on any atom is -0.337 e. The zero-order valence-corrected chi connectivity index (χ0v) is 13.9. The second kappa shape index (κ2) is 9.12. The van der Waals surface area contributed by atoms with Gasteiger partial charge in [0.25, 0.3) is 5.91 Å². The molecule has 1 heterocycles. The van der Waals surface area contributed by atoms with E-state index in [1.54, 1.807) is 11.8 Å². The Bertz CT molecular complexity index is 686. The number of halogens is 1. The maximum Gasteiger partial charge on any atom is 0.255 e. The van der Waals surface area contributed by atoms with E-state index in [1.807, 2.05) is 30.3 Å². The van der Waals surface area contributed by atoms with Crippen LogP contribution in [0.3, 0.4) is 0 Å². The molecule has 0 aliphatic rings. The molecule has 0 unspecified atom stereocenters. The number of nitrogens with zero attached hydrogens (tertiary/aromatic N) is 1. The fourth-order valence-electron chi connectivity index (χ4n) is 2.35. The Balaban J connectivity index is 0.00000264. The van der Waals surface area contributed by atoms with E-state index >= 15 is 0 Å². The van der Waals surface area contributed by atoms with Crippen LogP contribution in [0.4, 0.5) is 0 Å². The number of hydrogen-bond acceptors (Lipinski definition) is 3. The number of rotatable bonds is 6. The first-order valence-corrected chi connectivity index (χ1v) is 7.34. The molecule has 0 bridgehead atoms. The molecule has 0 saturated heterocycles. The first kappa shape index (κ1) is 18.9. The molecule has 1 amide bonds. The lowest BCUT2D eigenvalue weighted by Crippen LogP contribution is -2.37. The quantitative estimate of drug-likeness (QED) is 0.844. The molecule has 2 rings (SSSR count). The lowest BCUT2D eigenvalue weighted by Gasteiger charge is -2.22. The molecule has 23 heavy (non-hydrogen) atoms. The normalized spacial score (nSPS) is 10.0. The molecule has 5 nitrogen and oxygen atoms in total. The molecule has 0 radical (unpaired) electrons. The second-order valence-corrected chi connectivity index (χ2v) is 5.21. The molecule has 6 heteroatoms. The van der Waals surface area contributed by atoms with Crippen molar-refractivity contribution in [1.29, 1.82) is 0 Å². The van der Waals surface area contributed by atoms with Crippen LogP contribution in [-0.2, 0) is 6.42 Å². The highest BCUT2D eigenvalue weighted by atomic mass is 35.5. The third-order valence-electron chi connectivity index (χ3n) is 3.56. The minimum absolute atomic E-state index is 0. The highest BCUT2D eigenvalue weighted by Gasteiger charge is 2.17. The average Bonchev–Trinajstić information content (AvgIpc) is 2.52. The maximum absolute atomic E-state index is 12.6. The van der Waals surface area contributed by atoms with Gasteiger partial charge in [0, 0.05) is 31.9 Å². The van der Waals surface area contributed by atoms with Crippen molar-refractivity contribution in [3.63, 3.8) is 0 Å². The number of hydrogen-bond donors (Lipinski definition) is 2. The van der Waals surface area contributed by atoms with E-state index in [2.05, 4.69) is 4.98 Å². The Kier molecular flexibility index (Phi) is 7.51. The zero-order valence-electron chi connectivity index (χ0n) is 13.1. The van der Waals surface area contributed by atoms with E-state index in [1.165, 1.54) is 17.8 Å². The van der Waals surface area contributed by atoms with Gasteiger partial charge in [0.05, 0.1) is 5.56 Å². The van der Waals surface area contributed by atoms with Crippen LogP contribution in [0, 0.1) is 6.92 Å². The number of aryl methyl sites for hydroxylation is 1. The van der Waals surface area contributed by atoms with Crippen molar-refractivity contribution in [2.75, 3.05) is 19.6 Å². The van der Waals surface area contributed by atoms with Gasteiger partial charge in [-0.3, -0.25) is 9.59 Å². The van der Waals surface area contributed by atoms with Crippen LogP contribution < -0.4 is 11.3 Å². The summed E-state index contributed by atoms with van der Waals surface area (Å²) in [6.07, 6.45) is 2.25. The summed E-state index contributed by atoms with van der Waals surface area (Å²) < 4.78 is 0. The molecule has 0 aliphatic heterocycles. The van der Waals surface area contributed by atoms with Gasteiger partial charge in [0.15, 0.2) is 0 Å². The molecular formula is C17H22ClN3O2. The second-order valence-electron chi connectivity index (χ2n) is 5.21. The lowest BCUT2D eigenvalue weighted by molar-refractivity contribution is 0.0761. The number of carbonyl (C=O) groups excluding carboxylic acids is 1. The number of nitrogens with two attached hydrogens (primary N) is 1. The lowest BCUT2D eigenvalue weighted by atomic mass is 10.1. The van der Waals surface area contributed by atoms with Crippen LogP contribution in [0.2, 0.25) is 0 Å². The number of carbonyl (C=O) groups is 1. The van der Waals surface area contributed by atoms with E-state index < -0.39 is 0 Å². The summed E-state index contributed by atoms with van der Waals surface area (Å²) in [6.45, 7) is 3.26. The summed E-state index contributed by atoms with van der Waals surface area (Å²) in [7, 11) is 0. The number of benzene rings is 1. The minimum atomic E-state index is -0.205. The molecular weight excluding hydrogens is 314 g/mol. The Hall–Kier alpha value is -2.11. The number of amides is 1. The van der Waals surface area contributed by atoms with Crippen LogP contribution >= 0.6 is 12.4 Å². The van der Waals surface area contributed by atoms with Crippen LogP contribution in [0.5, 0.6) is 0 Å². The summed E-state index contributed by atoms with van der Waals surface area (Å²) in [6, 6.07) is 11.4. The number of H-pyrrole nitrogens is 1. The topological polar surface area (TPSA) is 79.2 Å². The molecule has 0 fully saturated rings.